The first-order valence-corrected chi connectivity index (χ1v) is 5.67. The second kappa shape index (κ2) is 5.00. The Morgan fingerprint density at radius 1 is 1.21 bits per heavy atom. The first-order chi connectivity index (χ1) is 9.09. The largest absolute Gasteiger partial charge is 0.492 e. The lowest BCUT2D eigenvalue weighted by molar-refractivity contribution is 0.0664. The standard InChI is InChI=1S/C11H16N4O4/c1-15(11(3-16,4-17)5-18)7-2-12-9-8(7)13-6-14-10(9)19/h2,6,12,16-18H,3-5H2,1H3,(H,13,14,19). The molecule has 0 bridgehead atoms. The fraction of sp³-hybridized carbons (Fsp3) is 0.455. The van der Waals surface area contributed by atoms with Gasteiger partial charge in [0.1, 0.15) is 22.9 Å². The fourth-order valence-electron chi connectivity index (χ4n) is 1.89. The molecule has 2 heterocycles. The normalized spacial score (nSPS) is 12.0. The number of H-pyrrole nitrogens is 1. The molecule has 0 aliphatic rings. The minimum atomic E-state index is -1.21. The SMILES string of the molecule is CN(c1c[nH]c2c(O)ncnc12)C(CO)(CO)CO. The van der Waals surface area contributed by atoms with Gasteiger partial charge in [-0.3, -0.25) is 0 Å². The first-order valence-electron chi connectivity index (χ1n) is 5.67. The highest BCUT2D eigenvalue weighted by Gasteiger charge is 2.34. The van der Waals surface area contributed by atoms with E-state index in [1.54, 1.807) is 13.2 Å². The Kier molecular flexibility index (Phi) is 3.56. The maximum absolute atomic E-state index is 9.59. The third-order valence-corrected chi connectivity index (χ3v) is 3.38. The zero-order valence-electron chi connectivity index (χ0n) is 10.4. The molecule has 0 aliphatic carbocycles. The number of aliphatic hydroxyl groups excluding tert-OH is 3. The predicted octanol–water partition coefficient (Wildman–Crippen LogP) is -1.18. The van der Waals surface area contributed by atoms with Crippen LogP contribution < -0.4 is 4.90 Å². The van der Waals surface area contributed by atoms with E-state index in [0.29, 0.717) is 16.7 Å². The van der Waals surface area contributed by atoms with Gasteiger partial charge in [0.25, 0.3) is 0 Å². The number of anilines is 1. The molecule has 2 aromatic heterocycles. The molecule has 0 fully saturated rings. The third kappa shape index (κ3) is 1.99. The Bertz CT molecular complexity index is 559. The number of nitrogens with one attached hydrogen (secondary N) is 1. The predicted molar refractivity (Wildman–Crippen MR) is 67.9 cm³/mol. The van der Waals surface area contributed by atoms with Crippen LogP contribution in [0.5, 0.6) is 5.88 Å². The van der Waals surface area contributed by atoms with Crippen LogP contribution in [0.3, 0.4) is 0 Å². The van der Waals surface area contributed by atoms with Gasteiger partial charge in [-0.1, -0.05) is 0 Å². The number of nitrogens with zero attached hydrogens (tertiary/aromatic N) is 3. The molecule has 2 aromatic rings. The van der Waals surface area contributed by atoms with Crippen molar-refractivity contribution in [1.82, 2.24) is 15.0 Å². The van der Waals surface area contributed by atoms with Crippen LogP contribution in [0, 0.1) is 0 Å². The van der Waals surface area contributed by atoms with Gasteiger partial charge in [0.05, 0.1) is 25.5 Å². The highest BCUT2D eigenvalue weighted by Crippen LogP contribution is 2.31. The van der Waals surface area contributed by atoms with E-state index in [4.69, 9.17) is 0 Å². The first kappa shape index (κ1) is 13.5. The second-order valence-corrected chi connectivity index (χ2v) is 4.35. The maximum atomic E-state index is 9.59. The van der Waals surface area contributed by atoms with Crippen LogP contribution in [0.2, 0.25) is 0 Å². The molecule has 0 aliphatic heterocycles. The van der Waals surface area contributed by atoms with E-state index in [-0.39, 0.29) is 5.88 Å². The summed E-state index contributed by atoms with van der Waals surface area (Å²) in [7, 11) is 1.62. The molecule has 0 atom stereocenters. The van der Waals surface area contributed by atoms with Crippen molar-refractivity contribution in [2.45, 2.75) is 5.54 Å². The van der Waals surface area contributed by atoms with Crippen LogP contribution >= 0.6 is 0 Å². The number of aliphatic hydroxyl groups is 3. The molecule has 0 saturated heterocycles. The van der Waals surface area contributed by atoms with E-state index in [2.05, 4.69) is 15.0 Å². The van der Waals surface area contributed by atoms with Crippen LogP contribution in [0.4, 0.5) is 5.69 Å². The minimum Gasteiger partial charge on any atom is -0.492 e. The summed E-state index contributed by atoms with van der Waals surface area (Å²) in [6.45, 7) is -1.29. The van der Waals surface area contributed by atoms with Gasteiger partial charge in [-0.15, -0.1) is 0 Å². The van der Waals surface area contributed by atoms with Gasteiger partial charge in [-0.2, -0.15) is 0 Å². The summed E-state index contributed by atoms with van der Waals surface area (Å²) in [6.07, 6.45) is 2.77. The number of fused-ring (bicyclic) bond motifs is 1. The number of aromatic hydroxyl groups is 1. The zero-order chi connectivity index (χ0) is 14.0. The van der Waals surface area contributed by atoms with Crippen LogP contribution in [-0.2, 0) is 0 Å². The Balaban J connectivity index is 2.52. The summed E-state index contributed by atoms with van der Waals surface area (Å²) < 4.78 is 0. The quantitative estimate of drug-likeness (QED) is 0.462. The summed E-state index contributed by atoms with van der Waals surface area (Å²) in [5.74, 6) is -0.188. The van der Waals surface area contributed by atoms with Crippen molar-refractivity contribution in [3.63, 3.8) is 0 Å². The Morgan fingerprint density at radius 3 is 2.42 bits per heavy atom. The maximum Gasteiger partial charge on any atom is 0.239 e. The van der Waals surface area contributed by atoms with Crippen LogP contribution in [0.1, 0.15) is 0 Å². The Morgan fingerprint density at radius 2 is 1.84 bits per heavy atom. The fourth-order valence-corrected chi connectivity index (χ4v) is 1.89. The molecular weight excluding hydrogens is 252 g/mol. The van der Waals surface area contributed by atoms with Crippen molar-refractivity contribution >= 4 is 16.7 Å². The Hall–Kier alpha value is -1.90. The third-order valence-electron chi connectivity index (χ3n) is 3.38. The molecule has 0 unspecified atom stereocenters. The molecular formula is C11H16N4O4. The molecule has 0 spiro atoms. The average Bonchev–Trinajstić information content (AvgIpc) is 2.86. The van der Waals surface area contributed by atoms with Gasteiger partial charge in [0, 0.05) is 13.2 Å². The van der Waals surface area contributed by atoms with Gasteiger partial charge in [0.15, 0.2) is 0 Å². The molecule has 5 N–H and O–H groups in total. The van der Waals surface area contributed by atoms with Crippen LogP contribution in [-0.4, -0.2) is 67.8 Å². The van der Waals surface area contributed by atoms with Gasteiger partial charge in [-0.25, -0.2) is 9.97 Å². The smallest absolute Gasteiger partial charge is 0.239 e. The highest BCUT2D eigenvalue weighted by molar-refractivity contribution is 5.92. The molecule has 19 heavy (non-hydrogen) atoms. The van der Waals surface area contributed by atoms with Gasteiger partial charge in [0.2, 0.25) is 5.88 Å². The van der Waals surface area contributed by atoms with Gasteiger partial charge < -0.3 is 30.3 Å². The highest BCUT2D eigenvalue weighted by atomic mass is 16.3. The summed E-state index contributed by atoms with van der Waals surface area (Å²) >= 11 is 0. The van der Waals surface area contributed by atoms with Crippen molar-refractivity contribution in [1.29, 1.82) is 0 Å². The van der Waals surface area contributed by atoms with E-state index in [1.807, 2.05) is 0 Å². The van der Waals surface area contributed by atoms with Crippen molar-refractivity contribution in [3.8, 4) is 5.88 Å². The van der Waals surface area contributed by atoms with E-state index >= 15 is 0 Å². The number of rotatable bonds is 5. The number of hydrogen-bond donors (Lipinski definition) is 5. The van der Waals surface area contributed by atoms with Crippen molar-refractivity contribution in [2.75, 3.05) is 31.8 Å². The van der Waals surface area contributed by atoms with Crippen LogP contribution in [0.15, 0.2) is 12.5 Å². The number of aromatic nitrogens is 3. The summed E-state index contributed by atoms with van der Waals surface area (Å²) in [4.78, 5) is 12.0. The number of likely N-dealkylation sites (N-methyl/N-ethyl adjacent to an activating group) is 1. The van der Waals surface area contributed by atoms with Gasteiger partial charge in [-0.05, 0) is 0 Å². The summed E-state index contributed by atoms with van der Waals surface area (Å²) in [5.41, 5.74) is 0.113. The zero-order valence-corrected chi connectivity index (χ0v) is 10.4. The van der Waals surface area contributed by atoms with E-state index in [0.717, 1.165) is 0 Å². The topological polar surface area (TPSA) is 126 Å². The molecule has 8 nitrogen and oxygen atoms in total. The molecule has 0 amide bonds. The average molecular weight is 268 g/mol. The molecule has 0 aromatic carbocycles. The number of hydrogen-bond acceptors (Lipinski definition) is 7. The lowest BCUT2D eigenvalue weighted by Gasteiger charge is -2.38. The van der Waals surface area contributed by atoms with Crippen molar-refractivity contribution < 1.29 is 20.4 Å². The van der Waals surface area contributed by atoms with Crippen molar-refractivity contribution in [2.24, 2.45) is 0 Å². The Labute approximate surface area is 109 Å². The molecule has 8 heteroatoms. The monoisotopic (exact) mass is 268 g/mol. The molecule has 104 valence electrons. The summed E-state index contributed by atoms with van der Waals surface area (Å²) in [6, 6.07) is 0. The van der Waals surface area contributed by atoms with E-state index in [9.17, 15) is 20.4 Å². The number of aromatic amines is 1. The van der Waals surface area contributed by atoms with E-state index in [1.165, 1.54) is 11.2 Å². The van der Waals surface area contributed by atoms with Gasteiger partial charge >= 0.3 is 0 Å². The lowest BCUT2D eigenvalue weighted by atomic mass is 10.0. The second-order valence-electron chi connectivity index (χ2n) is 4.35. The summed E-state index contributed by atoms with van der Waals surface area (Å²) in [5, 5.41) is 37.8. The molecule has 2 rings (SSSR count). The lowest BCUT2D eigenvalue weighted by Crippen LogP contribution is -2.55. The van der Waals surface area contributed by atoms with Crippen molar-refractivity contribution in [3.05, 3.63) is 12.5 Å². The van der Waals surface area contributed by atoms with Crippen LogP contribution in [0.25, 0.3) is 11.0 Å². The molecule has 0 saturated carbocycles. The van der Waals surface area contributed by atoms with E-state index < -0.39 is 25.4 Å². The molecule has 0 radical (unpaired) electrons. The minimum absolute atomic E-state index is 0.188.